The summed E-state index contributed by atoms with van der Waals surface area (Å²) in [6.07, 6.45) is 0.428. The molecule has 0 heterocycles. The van der Waals surface area contributed by atoms with Gasteiger partial charge in [0.15, 0.2) is 0 Å². The molecular formula is C25H20ClNO5. The van der Waals surface area contributed by atoms with Crippen molar-refractivity contribution in [3.8, 4) is 11.1 Å². The maximum atomic E-state index is 13.1. The number of hydrogen-bond acceptors (Lipinski definition) is 4. The summed E-state index contributed by atoms with van der Waals surface area (Å²) < 4.78 is 4.76. The zero-order chi connectivity index (χ0) is 22.9. The van der Waals surface area contributed by atoms with Crippen LogP contribution >= 0.6 is 11.6 Å². The van der Waals surface area contributed by atoms with Gasteiger partial charge in [0.2, 0.25) is 0 Å². The van der Waals surface area contributed by atoms with Gasteiger partial charge in [0, 0.05) is 29.0 Å². The second-order valence-corrected chi connectivity index (χ2v) is 8.14. The topological polar surface area (TPSA) is 92.7 Å². The molecule has 3 aromatic carbocycles. The van der Waals surface area contributed by atoms with Gasteiger partial charge < -0.3 is 15.2 Å². The number of carbonyl (C=O) groups excluding carboxylic acids is 2. The fraction of sp³-hybridized carbons (Fsp3) is 0.160. The number of carboxylic acids is 1. The Bertz CT molecular complexity index is 1210. The van der Waals surface area contributed by atoms with Crippen LogP contribution in [0.15, 0.2) is 66.7 Å². The molecule has 0 saturated heterocycles. The molecule has 0 radical (unpaired) electrons. The third kappa shape index (κ3) is 3.97. The smallest absolute Gasteiger partial charge is 0.337 e. The SMILES string of the molecule is COC(=O)c1cccc(-c2cc(C(=O)NC3(C(=O)O)Cc4ccccc4C3)ccc2Cl)c1. The predicted octanol–water partition coefficient (Wildman–Crippen LogP) is 4.15. The van der Waals surface area contributed by atoms with Gasteiger partial charge in [-0.05, 0) is 47.0 Å². The summed E-state index contributed by atoms with van der Waals surface area (Å²) in [4.78, 5) is 37.1. The summed E-state index contributed by atoms with van der Waals surface area (Å²) in [7, 11) is 1.30. The first kappa shape index (κ1) is 21.6. The van der Waals surface area contributed by atoms with Crippen LogP contribution in [0.25, 0.3) is 11.1 Å². The van der Waals surface area contributed by atoms with Gasteiger partial charge in [0.1, 0.15) is 5.54 Å². The standard InChI is InChI=1S/C25H20ClNO5/c1-32-23(29)17-8-4-7-15(11-17)20-12-16(9-10-21(20)26)22(28)27-25(24(30)31)13-18-5-2-3-6-19(18)14-25/h2-12H,13-14H2,1H3,(H,27,28)(H,30,31). The number of rotatable bonds is 5. The molecule has 0 atom stereocenters. The lowest BCUT2D eigenvalue weighted by Crippen LogP contribution is -2.55. The Labute approximate surface area is 189 Å². The van der Waals surface area contributed by atoms with E-state index in [9.17, 15) is 19.5 Å². The zero-order valence-electron chi connectivity index (χ0n) is 17.2. The average molecular weight is 450 g/mol. The molecule has 0 saturated carbocycles. The lowest BCUT2D eigenvalue weighted by molar-refractivity contribution is -0.144. The van der Waals surface area contributed by atoms with Crippen LogP contribution in [0.3, 0.4) is 0 Å². The number of esters is 1. The number of amides is 1. The number of benzene rings is 3. The second-order valence-electron chi connectivity index (χ2n) is 7.73. The van der Waals surface area contributed by atoms with Crippen LogP contribution in [0.5, 0.6) is 0 Å². The third-order valence-corrected chi connectivity index (χ3v) is 6.02. The zero-order valence-corrected chi connectivity index (χ0v) is 18.0. The largest absolute Gasteiger partial charge is 0.479 e. The van der Waals surface area contributed by atoms with Crippen LogP contribution in [0.4, 0.5) is 0 Å². The third-order valence-electron chi connectivity index (χ3n) is 5.69. The van der Waals surface area contributed by atoms with Crippen molar-refractivity contribution in [2.24, 2.45) is 0 Å². The van der Waals surface area contributed by atoms with E-state index < -0.39 is 23.4 Å². The van der Waals surface area contributed by atoms with Gasteiger partial charge in [0.25, 0.3) is 5.91 Å². The first-order chi connectivity index (χ1) is 15.3. The Hall–Kier alpha value is -3.64. The normalized spacial score (nSPS) is 13.8. The highest BCUT2D eigenvalue weighted by Gasteiger charge is 2.45. The van der Waals surface area contributed by atoms with E-state index in [2.05, 4.69) is 5.32 Å². The number of hydrogen-bond donors (Lipinski definition) is 2. The minimum Gasteiger partial charge on any atom is -0.479 e. The molecule has 3 aromatic rings. The van der Waals surface area contributed by atoms with Crippen molar-refractivity contribution in [3.63, 3.8) is 0 Å². The fourth-order valence-electron chi connectivity index (χ4n) is 4.02. The Morgan fingerprint density at radius 3 is 2.25 bits per heavy atom. The first-order valence-electron chi connectivity index (χ1n) is 9.94. The molecule has 6 nitrogen and oxygen atoms in total. The van der Waals surface area contributed by atoms with Gasteiger partial charge in [-0.25, -0.2) is 9.59 Å². The van der Waals surface area contributed by atoms with Gasteiger partial charge in [-0.2, -0.15) is 0 Å². The number of methoxy groups -OCH3 is 1. The molecule has 32 heavy (non-hydrogen) atoms. The highest BCUT2D eigenvalue weighted by molar-refractivity contribution is 6.33. The quantitative estimate of drug-likeness (QED) is 0.571. The van der Waals surface area contributed by atoms with Crippen molar-refractivity contribution >= 4 is 29.4 Å². The lowest BCUT2D eigenvalue weighted by atomic mass is 9.94. The minimum atomic E-state index is -1.41. The monoisotopic (exact) mass is 449 g/mol. The van der Waals surface area contributed by atoms with Crippen molar-refractivity contribution in [1.29, 1.82) is 0 Å². The molecule has 0 unspecified atom stereocenters. The molecule has 0 fully saturated rings. The summed E-state index contributed by atoms with van der Waals surface area (Å²) in [5.74, 6) is -2.08. The maximum absolute atomic E-state index is 13.1. The highest BCUT2D eigenvalue weighted by atomic mass is 35.5. The molecule has 2 N–H and O–H groups in total. The molecule has 7 heteroatoms. The first-order valence-corrected chi connectivity index (χ1v) is 10.3. The number of carbonyl (C=O) groups is 3. The molecule has 0 bridgehead atoms. The van der Waals surface area contributed by atoms with Crippen LogP contribution in [-0.4, -0.2) is 35.6 Å². The van der Waals surface area contributed by atoms with Crippen LogP contribution in [0.2, 0.25) is 5.02 Å². The molecular weight excluding hydrogens is 430 g/mol. The highest BCUT2D eigenvalue weighted by Crippen LogP contribution is 2.32. The molecule has 1 amide bonds. The lowest BCUT2D eigenvalue weighted by Gasteiger charge is -2.25. The molecule has 0 spiro atoms. The second kappa shape index (κ2) is 8.48. The molecule has 0 aliphatic heterocycles. The van der Waals surface area contributed by atoms with E-state index in [-0.39, 0.29) is 18.4 Å². The maximum Gasteiger partial charge on any atom is 0.337 e. The average Bonchev–Trinajstić information content (AvgIpc) is 3.18. The van der Waals surface area contributed by atoms with E-state index >= 15 is 0 Å². The van der Waals surface area contributed by atoms with E-state index in [1.54, 1.807) is 42.5 Å². The number of fused-ring (bicyclic) bond motifs is 1. The number of halogens is 1. The van der Waals surface area contributed by atoms with Gasteiger partial charge in [-0.1, -0.05) is 48.0 Å². The van der Waals surface area contributed by atoms with Gasteiger partial charge in [-0.3, -0.25) is 4.79 Å². The van der Waals surface area contributed by atoms with Crippen LogP contribution < -0.4 is 5.32 Å². The number of ether oxygens (including phenoxy) is 1. The van der Waals surface area contributed by atoms with E-state index in [0.717, 1.165) is 11.1 Å². The summed E-state index contributed by atoms with van der Waals surface area (Å²) in [6.45, 7) is 0. The summed E-state index contributed by atoms with van der Waals surface area (Å²) in [6, 6.07) is 18.9. The van der Waals surface area contributed by atoms with Crippen LogP contribution in [-0.2, 0) is 22.4 Å². The number of carboxylic acid groups (broad SMARTS) is 1. The van der Waals surface area contributed by atoms with Gasteiger partial charge in [-0.15, -0.1) is 0 Å². The Morgan fingerprint density at radius 1 is 0.938 bits per heavy atom. The van der Waals surface area contributed by atoms with Gasteiger partial charge in [0.05, 0.1) is 12.7 Å². The fourth-order valence-corrected chi connectivity index (χ4v) is 4.24. The predicted molar refractivity (Wildman–Crippen MR) is 120 cm³/mol. The van der Waals surface area contributed by atoms with Crippen LogP contribution in [0, 0.1) is 0 Å². The van der Waals surface area contributed by atoms with E-state index in [0.29, 0.717) is 21.7 Å². The van der Waals surface area contributed by atoms with Crippen molar-refractivity contribution in [3.05, 3.63) is 94.0 Å². The van der Waals surface area contributed by atoms with Gasteiger partial charge >= 0.3 is 11.9 Å². The molecule has 1 aliphatic carbocycles. The summed E-state index contributed by atoms with van der Waals surface area (Å²) in [5, 5.41) is 13.1. The van der Waals surface area contributed by atoms with E-state index in [1.165, 1.54) is 7.11 Å². The van der Waals surface area contributed by atoms with Crippen LogP contribution in [0.1, 0.15) is 31.8 Å². The van der Waals surface area contributed by atoms with Crippen molar-refractivity contribution in [1.82, 2.24) is 5.32 Å². The molecule has 1 aliphatic rings. The summed E-state index contributed by atoms with van der Waals surface area (Å²) in [5.41, 5.74) is 2.20. The van der Waals surface area contributed by atoms with E-state index in [1.807, 2.05) is 24.3 Å². The Balaban J connectivity index is 1.64. The number of nitrogens with one attached hydrogen (secondary N) is 1. The molecule has 162 valence electrons. The summed E-state index contributed by atoms with van der Waals surface area (Å²) >= 11 is 6.37. The minimum absolute atomic E-state index is 0.214. The van der Waals surface area contributed by atoms with E-state index in [4.69, 9.17) is 16.3 Å². The molecule has 4 rings (SSSR count). The Kier molecular flexibility index (Phi) is 5.72. The Morgan fingerprint density at radius 2 is 1.62 bits per heavy atom. The van der Waals surface area contributed by atoms with Crippen molar-refractivity contribution < 1.29 is 24.2 Å². The van der Waals surface area contributed by atoms with Crippen molar-refractivity contribution in [2.75, 3.05) is 7.11 Å². The molecule has 0 aromatic heterocycles. The number of aliphatic carboxylic acids is 1. The van der Waals surface area contributed by atoms with Crippen molar-refractivity contribution in [2.45, 2.75) is 18.4 Å².